The molecule has 8 heteroatoms. The molecule has 0 saturated carbocycles. The van der Waals surface area contributed by atoms with Crippen molar-refractivity contribution in [3.8, 4) is 5.75 Å². The van der Waals surface area contributed by atoms with Gasteiger partial charge in [0.15, 0.2) is 0 Å². The highest BCUT2D eigenvalue weighted by Crippen LogP contribution is 2.18. The van der Waals surface area contributed by atoms with Gasteiger partial charge in [-0.2, -0.15) is 0 Å². The van der Waals surface area contributed by atoms with Crippen molar-refractivity contribution < 1.29 is 19.1 Å². The lowest BCUT2D eigenvalue weighted by molar-refractivity contribution is -0.142. The minimum Gasteiger partial charge on any atom is -0.497 e. The van der Waals surface area contributed by atoms with Gasteiger partial charge >= 0.3 is 0 Å². The van der Waals surface area contributed by atoms with Crippen LogP contribution in [0.4, 0.5) is 0 Å². The number of hydrogen-bond acceptors (Lipinski definition) is 5. The summed E-state index contributed by atoms with van der Waals surface area (Å²) < 4.78 is 5.25. The van der Waals surface area contributed by atoms with Gasteiger partial charge in [-0.15, -0.1) is 0 Å². The van der Waals surface area contributed by atoms with E-state index in [1.807, 2.05) is 29.2 Å². The smallest absolute Gasteiger partial charge is 0.239 e. The fraction of sp³-hybridized carbons (Fsp3) is 0.500. The molecule has 0 spiro atoms. The number of ether oxygens (including phenoxy) is 1. The monoisotopic (exact) mass is 360 g/mol. The van der Waals surface area contributed by atoms with E-state index in [1.165, 1.54) is 4.90 Å². The average Bonchev–Trinajstić information content (AvgIpc) is 2.64. The molecule has 3 rings (SSSR count). The second kappa shape index (κ2) is 8.18. The number of hydrogen-bond donors (Lipinski definition) is 2. The van der Waals surface area contributed by atoms with E-state index in [2.05, 4.69) is 10.6 Å². The molecule has 140 valence electrons. The molecule has 8 nitrogen and oxygen atoms in total. The van der Waals surface area contributed by atoms with Gasteiger partial charge in [0.1, 0.15) is 5.75 Å². The van der Waals surface area contributed by atoms with Crippen LogP contribution in [-0.4, -0.2) is 73.4 Å². The summed E-state index contributed by atoms with van der Waals surface area (Å²) in [5.41, 5.74) is 1.02. The second-order valence-electron chi connectivity index (χ2n) is 6.50. The van der Waals surface area contributed by atoms with Crippen LogP contribution in [-0.2, 0) is 20.9 Å². The van der Waals surface area contributed by atoms with E-state index in [0.29, 0.717) is 32.7 Å². The van der Waals surface area contributed by atoms with Gasteiger partial charge < -0.3 is 20.3 Å². The van der Waals surface area contributed by atoms with E-state index in [-0.39, 0.29) is 30.7 Å². The van der Waals surface area contributed by atoms with E-state index in [0.717, 1.165) is 11.3 Å². The number of carbonyl (C=O) groups is 3. The van der Waals surface area contributed by atoms with Gasteiger partial charge in [-0.3, -0.25) is 19.3 Å². The normalized spacial score (nSPS) is 21.1. The predicted octanol–water partition coefficient (Wildman–Crippen LogP) is -0.656. The van der Waals surface area contributed by atoms with Gasteiger partial charge in [-0.1, -0.05) is 12.1 Å². The largest absolute Gasteiger partial charge is 0.497 e. The third kappa shape index (κ3) is 4.32. The first-order valence-corrected chi connectivity index (χ1v) is 8.76. The first kappa shape index (κ1) is 18.2. The van der Waals surface area contributed by atoms with Crippen LogP contribution in [0.3, 0.4) is 0 Å². The van der Waals surface area contributed by atoms with Crippen molar-refractivity contribution >= 4 is 17.7 Å². The topological polar surface area (TPSA) is 91.0 Å². The fourth-order valence-corrected chi connectivity index (χ4v) is 3.32. The van der Waals surface area contributed by atoms with Gasteiger partial charge in [-0.05, 0) is 17.7 Å². The molecule has 0 bridgehead atoms. The summed E-state index contributed by atoms with van der Waals surface area (Å²) in [5.74, 6) is 0.286. The number of amides is 3. The molecule has 26 heavy (non-hydrogen) atoms. The lowest BCUT2D eigenvalue weighted by Gasteiger charge is -2.36. The van der Waals surface area contributed by atoms with Crippen LogP contribution in [0.5, 0.6) is 5.75 Å². The lowest BCUT2D eigenvalue weighted by Crippen LogP contribution is -2.57. The molecule has 0 aliphatic carbocycles. The van der Waals surface area contributed by atoms with Crippen molar-refractivity contribution in [2.75, 3.05) is 39.8 Å². The SMILES string of the molecule is COc1cccc(CN2CCNC(=O)[C@@H]2CC(=O)N2CCNC(=O)C2)c1. The van der Waals surface area contributed by atoms with Crippen LogP contribution in [0.25, 0.3) is 0 Å². The Kier molecular flexibility index (Phi) is 5.72. The predicted molar refractivity (Wildman–Crippen MR) is 94.4 cm³/mol. The number of rotatable bonds is 5. The zero-order chi connectivity index (χ0) is 18.5. The highest BCUT2D eigenvalue weighted by molar-refractivity contribution is 5.91. The van der Waals surface area contributed by atoms with Crippen LogP contribution in [0.2, 0.25) is 0 Å². The van der Waals surface area contributed by atoms with Gasteiger partial charge in [0.25, 0.3) is 0 Å². The van der Waals surface area contributed by atoms with Crippen LogP contribution in [0.15, 0.2) is 24.3 Å². The van der Waals surface area contributed by atoms with Gasteiger partial charge in [0, 0.05) is 32.7 Å². The molecule has 1 atom stereocenters. The van der Waals surface area contributed by atoms with Crippen LogP contribution in [0, 0.1) is 0 Å². The van der Waals surface area contributed by atoms with Gasteiger partial charge in [0.05, 0.1) is 26.1 Å². The Labute approximate surface area is 152 Å². The van der Waals surface area contributed by atoms with E-state index in [9.17, 15) is 14.4 Å². The zero-order valence-electron chi connectivity index (χ0n) is 14.9. The number of piperazine rings is 2. The van der Waals surface area contributed by atoms with Crippen molar-refractivity contribution in [2.24, 2.45) is 0 Å². The molecule has 0 unspecified atom stereocenters. The van der Waals surface area contributed by atoms with E-state index < -0.39 is 6.04 Å². The van der Waals surface area contributed by atoms with E-state index in [4.69, 9.17) is 4.74 Å². The summed E-state index contributed by atoms with van der Waals surface area (Å²) in [6.45, 7) is 2.77. The molecule has 2 fully saturated rings. The van der Waals surface area contributed by atoms with Crippen molar-refractivity contribution in [1.82, 2.24) is 20.4 Å². The highest BCUT2D eigenvalue weighted by Gasteiger charge is 2.33. The standard InChI is InChI=1S/C18H24N4O4/c1-26-14-4-2-3-13(9-14)11-21-7-6-20-18(25)15(21)10-17(24)22-8-5-19-16(23)12-22/h2-4,9,15H,5-8,10-12H2,1H3,(H,19,23)(H,20,25)/t15-/m0/s1. The maximum absolute atomic E-state index is 12.6. The first-order chi connectivity index (χ1) is 12.6. The van der Waals surface area contributed by atoms with Crippen LogP contribution < -0.4 is 15.4 Å². The summed E-state index contributed by atoms with van der Waals surface area (Å²) in [4.78, 5) is 40.0. The molecular formula is C18H24N4O4. The minimum atomic E-state index is -0.535. The molecule has 3 amide bonds. The molecule has 0 radical (unpaired) electrons. The summed E-state index contributed by atoms with van der Waals surface area (Å²) in [5, 5.41) is 5.53. The summed E-state index contributed by atoms with van der Waals surface area (Å²) in [7, 11) is 1.61. The number of methoxy groups -OCH3 is 1. The lowest BCUT2D eigenvalue weighted by atomic mass is 10.1. The van der Waals surface area contributed by atoms with Crippen molar-refractivity contribution in [3.05, 3.63) is 29.8 Å². The first-order valence-electron chi connectivity index (χ1n) is 8.76. The Balaban J connectivity index is 1.68. The van der Waals surface area contributed by atoms with Crippen molar-refractivity contribution in [1.29, 1.82) is 0 Å². The Morgan fingerprint density at radius 1 is 1.23 bits per heavy atom. The third-order valence-electron chi connectivity index (χ3n) is 4.72. The zero-order valence-corrected chi connectivity index (χ0v) is 14.9. The van der Waals surface area contributed by atoms with Crippen molar-refractivity contribution in [2.45, 2.75) is 19.0 Å². The molecule has 1 aromatic carbocycles. The number of nitrogens with one attached hydrogen (secondary N) is 2. The van der Waals surface area contributed by atoms with Crippen LogP contribution >= 0.6 is 0 Å². The molecule has 0 aromatic heterocycles. The molecule has 1 aromatic rings. The van der Waals surface area contributed by atoms with Crippen molar-refractivity contribution in [3.63, 3.8) is 0 Å². The Hall–Kier alpha value is -2.61. The summed E-state index contributed by atoms with van der Waals surface area (Å²) in [6.07, 6.45) is 0.0725. The quantitative estimate of drug-likeness (QED) is 0.728. The van der Waals surface area contributed by atoms with E-state index >= 15 is 0 Å². The molecule has 2 N–H and O–H groups in total. The number of carbonyl (C=O) groups excluding carboxylic acids is 3. The van der Waals surface area contributed by atoms with E-state index in [1.54, 1.807) is 7.11 Å². The molecule has 2 heterocycles. The summed E-state index contributed by atoms with van der Waals surface area (Å²) >= 11 is 0. The maximum Gasteiger partial charge on any atom is 0.239 e. The molecule has 2 aliphatic heterocycles. The number of nitrogens with zero attached hydrogens (tertiary/aromatic N) is 2. The Morgan fingerprint density at radius 3 is 2.81 bits per heavy atom. The average molecular weight is 360 g/mol. The second-order valence-corrected chi connectivity index (χ2v) is 6.50. The minimum absolute atomic E-state index is 0.0586. The fourth-order valence-electron chi connectivity index (χ4n) is 3.32. The Bertz CT molecular complexity index is 694. The van der Waals surface area contributed by atoms with Gasteiger partial charge in [0.2, 0.25) is 17.7 Å². The number of benzene rings is 1. The Morgan fingerprint density at radius 2 is 2.04 bits per heavy atom. The molecule has 2 saturated heterocycles. The highest BCUT2D eigenvalue weighted by atomic mass is 16.5. The van der Waals surface area contributed by atoms with Gasteiger partial charge in [-0.25, -0.2) is 0 Å². The molecule has 2 aliphatic rings. The summed E-state index contributed by atoms with van der Waals surface area (Å²) in [6, 6.07) is 7.15. The maximum atomic E-state index is 12.6. The molecular weight excluding hydrogens is 336 g/mol. The third-order valence-corrected chi connectivity index (χ3v) is 4.72. The van der Waals surface area contributed by atoms with Crippen LogP contribution in [0.1, 0.15) is 12.0 Å².